The molecule has 0 bridgehead atoms. The lowest BCUT2D eigenvalue weighted by Gasteiger charge is -2.05. The number of carbonyl (C=O) groups excluding carboxylic acids is 1. The minimum Gasteiger partial charge on any atom is -0.346 e. The average Bonchev–Trinajstić information content (AvgIpc) is 2.93. The van der Waals surface area contributed by atoms with Crippen LogP contribution >= 0.6 is 0 Å². The standard InChI is InChI=1S/C13H18N4O3S/c1-10-4-6-16(2)12(10)13(18)14-11-5-7-17(15-11)8-9-21(3,19)20/h4-7H,8-9H2,1-3H3,(H,14,15,18). The Morgan fingerprint density at radius 1 is 1.33 bits per heavy atom. The number of hydrogen-bond acceptors (Lipinski definition) is 4. The van der Waals surface area contributed by atoms with Crippen molar-refractivity contribution in [2.24, 2.45) is 7.05 Å². The third-order valence-corrected chi connectivity index (χ3v) is 3.99. The summed E-state index contributed by atoms with van der Waals surface area (Å²) < 4.78 is 25.4. The van der Waals surface area contributed by atoms with Gasteiger partial charge in [-0.05, 0) is 18.6 Å². The number of hydrogen-bond donors (Lipinski definition) is 1. The summed E-state index contributed by atoms with van der Waals surface area (Å²) in [5.41, 5.74) is 1.45. The number of rotatable bonds is 5. The van der Waals surface area contributed by atoms with Gasteiger partial charge in [-0.2, -0.15) is 5.10 Å². The molecule has 8 heteroatoms. The van der Waals surface area contributed by atoms with Crippen molar-refractivity contribution >= 4 is 21.6 Å². The van der Waals surface area contributed by atoms with Crippen molar-refractivity contribution in [3.8, 4) is 0 Å². The highest BCUT2D eigenvalue weighted by Crippen LogP contribution is 2.11. The van der Waals surface area contributed by atoms with E-state index in [0.29, 0.717) is 11.5 Å². The molecule has 0 saturated carbocycles. The Bertz CT molecular complexity index is 739. The van der Waals surface area contributed by atoms with Gasteiger partial charge in [-0.3, -0.25) is 9.48 Å². The Morgan fingerprint density at radius 3 is 2.62 bits per heavy atom. The van der Waals surface area contributed by atoms with E-state index in [9.17, 15) is 13.2 Å². The van der Waals surface area contributed by atoms with Gasteiger partial charge in [-0.1, -0.05) is 0 Å². The number of sulfone groups is 1. The molecule has 2 aromatic rings. The first-order chi connectivity index (χ1) is 9.76. The minimum atomic E-state index is -3.03. The van der Waals surface area contributed by atoms with Crippen LogP contribution in [0, 0.1) is 6.92 Å². The SMILES string of the molecule is Cc1ccn(C)c1C(=O)Nc1ccn(CCS(C)(=O)=O)n1. The van der Waals surface area contributed by atoms with Gasteiger partial charge in [0.1, 0.15) is 15.5 Å². The van der Waals surface area contributed by atoms with Crippen LogP contribution in [0.5, 0.6) is 0 Å². The van der Waals surface area contributed by atoms with Gasteiger partial charge in [0.05, 0.1) is 12.3 Å². The number of carbonyl (C=O) groups is 1. The van der Waals surface area contributed by atoms with Crippen molar-refractivity contribution in [2.75, 3.05) is 17.3 Å². The molecule has 0 spiro atoms. The summed E-state index contributed by atoms with van der Waals surface area (Å²) in [6, 6.07) is 3.50. The number of nitrogens with one attached hydrogen (secondary N) is 1. The topological polar surface area (TPSA) is 86.0 Å². The molecular formula is C13H18N4O3S. The van der Waals surface area contributed by atoms with Crippen molar-refractivity contribution in [3.05, 3.63) is 35.8 Å². The number of nitrogens with zero attached hydrogens (tertiary/aromatic N) is 3. The molecular weight excluding hydrogens is 292 g/mol. The van der Waals surface area contributed by atoms with Gasteiger partial charge in [-0.15, -0.1) is 0 Å². The fraction of sp³-hybridized carbons (Fsp3) is 0.385. The Hall–Kier alpha value is -2.09. The zero-order chi connectivity index (χ0) is 15.6. The van der Waals surface area contributed by atoms with E-state index < -0.39 is 9.84 Å². The average molecular weight is 310 g/mol. The molecule has 0 saturated heterocycles. The highest BCUT2D eigenvalue weighted by Gasteiger charge is 2.14. The van der Waals surface area contributed by atoms with E-state index in [1.165, 1.54) is 10.9 Å². The second-order valence-electron chi connectivity index (χ2n) is 5.01. The van der Waals surface area contributed by atoms with Crippen molar-refractivity contribution in [1.29, 1.82) is 0 Å². The number of aryl methyl sites for hydroxylation is 3. The first-order valence-electron chi connectivity index (χ1n) is 6.41. The molecule has 0 atom stereocenters. The highest BCUT2D eigenvalue weighted by molar-refractivity contribution is 7.90. The second-order valence-corrected chi connectivity index (χ2v) is 7.27. The normalized spacial score (nSPS) is 11.6. The number of anilines is 1. The molecule has 2 heterocycles. The molecule has 7 nitrogen and oxygen atoms in total. The van der Waals surface area contributed by atoms with Crippen LogP contribution in [0.25, 0.3) is 0 Å². The van der Waals surface area contributed by atoms with Gasteiger partial charge in [-0.25, -0.2) is 8.42 Å². The molecule has 0 aliphatic rings. The molecule has 0 radical (unpaired) electrons. The van der Waals surface area contributed by atoms with Gasteiger partial charge < -0.3 is 9.88 Å². The lowest BCUT2D eigenvalue weighted by Crippen LogP contribution is -2.17. The monoisotopic (exact) mass is 310 g/mol. The highest BCUT2D eigenvalue weighted by atomic mass is 32.2. The van der Waals surface area contributed by atoms with E-state index in [1.54, 1.807) is 23.9 Å². The van der Waals surface area contributed by atoms with Gasteiger partial charge in [0.15, 0.2) is 5.82 Å². The van der Waals surface area contributed by atoms with Crippen molar-refractivity contribution in [2.45, 2.75) is 13.5 Å². The molecule has 1 amide bonds. The maximum absolute atomic E-state index is 12.2. The lowest BCUT2D eigenvalue weighted by molar-refractivity contribution is 0.101. The summed E-state index contributed by atoms with van der Waals surface area (Å²) in [6.07, 6.45) is 4.63. The molecule has 0 aliphatic carbocycles. The van der Waals surface area contributed by atoms with E-state index in [0.717, 1.165) is 5.56 Å². The van der Waals surface area contributed by atoms with Crippen LogP contribution in [0.3, 0.4) is 0 Å². The second kappa shape index (κ2) is 5.72. The zero-order valence-electron chi connectivity index (χ0n) is 12.2. The predicted molar refractivity (Wildman–Crippen MR) is 80.0 cm³/mol. The van der Waals surface area contributed by atoms with Gasteiger partial charge in [0.25, 0.3) is 5.91 Å². The third-order valence-electron chi connectivity index (χ3n) is 3.06. The van der Waals surface area contributed by atoms with E-state index in [4.69, 9.17) is 0 Å². The third kappa shape index (κ3) is 3.94. The molecule has 0 aliphatic heterocycles. The first kappa shape index (κ1) is 15.3. The van der Waals surface area contributed by atoms with Crippen molar-refractivity contribution < 1.29 is 13.2 Å². The summed E-state index contributed by atoms with van der Waals surface area (Å²) in [5.74, 6) is 0.168. The summed E-state index contributed by atoms with van der Waals surface area (Å²) in [7, 11) is -1.24. The van der Waals surface area contributed by atoms with Crippen LogP contribution in [0.15, 0.2) is 24.5 Å². The fourth-order valence-corrected chi connectivity index (χ4v) is 2.50. The Kier molecular flexibility index (Phi) is 4.17. The minimum absolute atomic E-state index is 0.0129. The Balaban J connectivity index is 2.04. The largest absolute Gasteiger partial charge is 0.346 e. The van der Waals surface area contributed by atoms with Crippen LogP contribution in [-0.4, -0.2) is 40.7 Å². The van der Waals surface area contributed by atoms with Gasteiger partial charge in [0, 0.05) is 31.8 Å². The predicted octanol–water partition coefficient (Wildman–Crippen LogP) is 0.827. The van der Waals surface area contributed by atoms with E-state index in [-0.39, 0.29) is 18.2 Å². The molecule has 0 unspecified atom stereocenters. The molecule has 0 fully saturated rings. The van der Waals surface area contributed by atoms with Gasteiger partial charge >= 0.3 is 0 Å². The summed E-state index contributed by atoms with van der Waals surface area (Å²) >= 11 is 0. The van der Waals surface area contributed by atoms with Crippen molar-refractivity contribution in [1.82, 2.24) is 14.3 Å². The molecule has 1 N–H and O–H groups in total. The summed E-state index contributed by atoms with van der Waals surface area (Å²) in [6.45, 7) is 2.12. The Morgan fingerprint density at radius 2 is 2.05 bits per heavy atom. The van der Waals surface area contributed by atoms with E-state index in [1.807, 2.05) is 19.2 Å². The van der Waals surface area contributed by atoms with Crippen LogP contribution in [0.2, 0.25) is 0 Å². The molecule has 2 aromatic heterocycles. The molecule has 21 heavy (non-hydrogen) atoms. The summed E-state index contributed by atoms with van der Waals surface area (Å²) in [4.78, 5) is 12.2. The van der Waals surface area contributed by atoms with Crippen LogP contribution in [0.1, 0.15) is 16.1 Å². The first-order valence-corrected chi connectivity index (χ1v) is 8.47. The number of aromatic nitrogens is 3. The van der Waals surface area contributed by atoms with Crippen LogP contribution < -0.4 is 5.32 Å². The number of amides is 1. The maximum Gasteiger partial charge on any atom is 0.273 e. The zero-order valence-corrected chi connectivity index (χ0v) is 13.0. The van der Waals surface area contributed by atoms with Gasteiger partial charge in [0.2, 0.25) is 0 Å². The van der Waals surface area contributed by atoms with Crippen molar-refractivity contribution in [3.63, 3.8) is 0 Å². The summed E-state index contributed by atoms with van der Waals surface area (Å²) in [5, 5.41) is 6.84. The lowest BCUT2D eigenvalue weighted by atomic mass is 10.2. The smallest absolute Gasteiger partial charge is 0.273 e. The quantitative estimate of drug-likeness (QED) is 0.886. The van der Waals surface area contributed by atoms with Crippen LogP contribution in [-0.2, 0) is 23.4 Å². The maximum atomic E-state index is 12.2. The van der Waals surface area contributed by atoms with E-state index in [2.05, 4.69) is 10.4 Å². The molecule has 0 aromatic carbocycles. The van der Waals surface area contributed by atoms with Crippen LogP contribution in [0.4, 0.5) is 5.82 Å². The molecule has 114 valence electrons. The molecule has 2 rings (SSSR count). The fourth-order valence-electron chi connectivity index (χ4n) is 1.98. The Labute approximate surface area is 123 Å². The van der Waals surface area contributed by atoms with E-state index >= 15 is 0 Å².